The van der Waals surface area contributed by atoms with Crippen molar-refractivity contribution in [1.82, 2.24) is 4.98 Å². The Morgan fingerprint density at radius 2 is 2.25 bits per heavy atom. The number of pyridine rings is 1. The Balaban J connectivity index is 2.87. The van der Waals surface area contributed by atoms with E-state index in [1.165, 1.54) is 0 Å². The van der Waals surface area contributed by atoms with Crippen LogP contribution in [0.3, 0.4) is 0 Å². The Labute approximate surface area is 85.2 Å². The van der Waals surface area contributed by atoms with Crippen molar-refractivity contribution in [1.29, 1.82) is 0 Å². The third-order valence-electron chi connectivity index (χ3n) is 1.41. The Hall–Kier alpha value is -0.360. The molecule has 0 amide bonds. The first-order chi connectivity index (χ1) is 5.77. The van der Waals surface area contributed by atoms with Crippen LogP contribution in [0.1, 0.15) is 5.56 Å². The van der Waals surface area contributed by atoms with Crippen molar-refractivity contribution in [3.63, 3.8) is 0 Å². The number of rotatable bonds is 3. The quantitative estimate of drug-likeness (QED) is 0.791. The Bertz CT molecular complexity index is 265. The molecule has 1 aromatic heterocycles. The van der Waals surface area contributed by atoms with Crippen LogP contribution in [-0.4, -0.2) is 19.2 Å². The minimum atomic E-state index is 0.593. The van der Waals surface area contributed by atoms with E-state index in [0.29, 0.717) is 12.5 Å². The van der Waals surface area contributed by atoms with Crippen molar-refractivity contribution in [2.24, 2.45) is 0 Å². The molecular weight excluding hydrogens is 269 g/mol. The summed E-state index contributed by atoms with van der Waals surface area (Å²) in [6, 6.07) is 1.88. The summed E-state index contributed by atoms with van der Waals surface area (Å²) in [7, 11) is 3.27. The third kappa shape index (κ3) is 2.31. The summed E-state index contributed by atoms with van der Waals surface area (Å²) in [5, 5.41) is 0. The molecule has 0 N–H and O–H groups in total. The van der Waals surface area contributed by atoms with Crippen molar-refractivity contribution in [2.45, 2.75) is 6.61 Å². The molecular formula is C8H10INO2. The van der Waals surface area contributed by atoms with Gasteiger partial charge in [0.2, 0.25) is 5.88 Å². The normalized spacial score (nSPS) is 9.92. The Morgan fingerprint density at radius 1 is 1.50 bits per heavy atom. The zero-order chi connectivity index (χ0) is 8.97. The molecule has 0 aliphatic heterocycles. The second kappa shape index (κ2) is 4.61. The van der Waals surface area contributed by atoms with Crippen LogP contribution in [0, 0.1) is 3.57 Å². The molecule has 3 nitrogen and oxygen atoms in total. The summed E-state index contributed by atoms with van der Waals surface area (Å²) in [6.45, 7) is 0.593. The van der Waals surface area contributed by atoms with Crippen LogP contribution in [-0.2, 0) is 11.3 Å². The summed E-state index contributed by atoms with van der Waals surface area (Å²) in [5.74, 6) is 0.638. The molecule has 4 heteroatoms. The average Bonchev–Trinajstić information content (AvgIpc) is 2.09. The van der Waals surface area contributed by atoms with Crippen molar-refractivity contribution in [3.05, 3.63) is 21.4 Å². The molecule has 0 saturated heterocycles. The molecule has 0 atom stereocenters. The summed E-state index contributed by atoms with van der Waals surface area (Å²) in [5.41, 5.74) is 1.08. The lowest BCUT2D eigenvalue weighted by atomic mass is 10.3. The monoisotopic (exact) mass is 279 g/mol. The lowest BCUT2D eigenvalue weighted by Crippen LogP contribution is -1.95. The van der Waals surface area contributed by atoms with E-state index in [-0.39, 0.29) is 0 Å². The maximum absolute atomic E-state index is 5.00. The smallest absolute Gasteiger partial charge is 0.213 e. The topological polar surface area (TPSA) is 31.4 Å². The van der Waals surface area contributed by atoms with Gasteiger partial charge in [0.15, 0.2) is 0 Å². The fourth-order valence-electron chi connectivity index (χ4n) is 0.815. The predicted octanol–water partition coefficient (Wildman–Crippen LogP) is 1.84. The molecule has 0 unspecified atom stereocenters. The van der Waals surface area contributed by atoms with E-state index in [4.69, 9.17) is 9.47 Å². The van der Waals surface area contributed by atoms with Crippen molar-refractivity contribution >= 4 is 22.6 Å². The van der Waals surface area contributed by atoms with Crippen LogP contribution in [0.4, 0.5) is 0 Å². The second-order valence-electron chi connectivity index (χ2n) is 2.25. The maximum Gasteiger partial charge on any atom is 0.213 e. The van der Waals surface area contributed by atoms with E-state index in [0.717, 1.165) is 9.13 Å². The highest BCUT2D eigenvalue weighted by molar-refractivity contribution is 14.1. The molecule has 0 saturated carbocycles. The number of methoxy groups -OCH3 is 2. The molecule has 0 fully saturated rings. The average molecular weight is 279 g/mol. The Morgan fingerprint density at radius 3 is 2.75 bits per heavy atom. The molecule has 1 rings (SSSR count). The SMILES string of the molecule is COCc1cnc(OC)cc1I. The summed E-state index contributed by atoms with van der Waals surface area (Å²) >= 11 is 2.23. The lowest BCUT2D eigenvalue weighted by Gasteiger charge is -2.04. The highest BCUT2D eigenvalue weighted by atomic mass is 127. The van der Waals surface area contributed by atoms with Crippen molar-refractivity contribution < 1.29 is 9.47 Å². The van der Waals surface area contributed by atoms with E-state index in [1.54, 1.807) is 20.4 Å². The summed E-state index contributed by atoms with van der Waals surface area (Å²) in [6.07, 6.45) is 1.77. The number of halogens is 1. The molecule has 66 valence electrons. The zero-order valence-corrected chi connectivity index (χ0v) is 9.16. The molecule has 1 aromatic rings. The highest BCUT2D eigenvalue weighted by Crippen LogP contribution is 2.16. The van der Waals surface area contributed by atoms with Gasteiger partial charge in [0.1, 0.15) is 0 Å². The van der Waals surface area contributed by atoms with Crippen LogP contribution >= 0.6 is 22.6 Å². The van der Waals surface area contributed by atoms with Gasteiger partial charge in [-0.15, -0.1) is 0 Å². The molecule has 0 spiro atoms. The minimum Gasteiger partial charge on any atom is -0.481 e. The largest absolute Gasteiger partial charge is 0.481 e. The van der Waals surface area contributed by atoms with E-state index < -0.39 is 0 Å². The van der Waals surface area contributed by atoms with Crippen LogP contribution in [0.15, 0.2) is 12.3 Å². The van der Waals surface area contributed by atoms with Gasteiger partial charge in [-0.05, 0) is 22.6 Å². The molecule has 0 aromatic carbocycles. The first-order valence-electron chi connectivity index (χ1n) is 3.45. The molecule has 0 radical (unpaired) electrons. The van der Waals surface area contributed by atoms with Gasteiger partial charge >= 0.3 is 0 Å². The molecule has 0 aliphatic rings. The van der Waals surface area contributed by atoms with Crippen molar-refractivity contribution in [2.75, 3.05) is 14.2 Å². The minimum absolute atomic E-state index is 0.593. The van der Waals surface area contributed by atoms with Gasteiger partial charge in [0.05, 0.1) is 13.7 Å². The van der Waals surface area contributed by atoms with E-state index >= 15 is 0 Å². The van der Waals surface area contributed by atoms with Crippen LogP contribution in [0.5, 0.6) is 5.88 Å². The van der Waals surface area contributed by atoms with Crippen LogP contribution in [0.2, 0.25) is 0 Å². The fourth-order valence-corrected chi connectivity index (χ4v) is 1.38. The first kappa shape index (κ1) is 9.73. The van der Waals surface area contributed by atoms with E-state index in [2.05, 4.69) is 27.6 Å². The van der Waals surface area contributed by atoms with E-state index in [1.807, 2.05) is 6.07 Å². The first-order valence-corrected chi connectivity index (χ1v) is 4.53. The van der Waals surface area contributed by atoms with E-state index in [9.17, 15) is 0 Å². The number of nitrogens with zero attached hydrogens (tertiary/aromatic N) is 1. The molecule has 1 heterocycles. The highest BCUT2D eigenvalue weighted by Gasteiger charge is 2.01. The van der Waals surface area contributed by atoms with Crippen LogP contribution < -0.4 is 4.74 Å². The van der Waals surface area contributed by atoms with Gasteiger partial charge in [0.25, 0.3) is 0 Å². The van der Waals surface area contributed by atoms with Gasteiger partial charge < -0.3 is 9.47 Å². The predicted molar refractivity (Wildman–Crippen MR) is 54.2 cm³/mol. The number of hydrogen-bond donors (Lipinski definition) is 0. The second-order valence-corrected chi connectivity index (χ2v) is 3.41. The fraction of sp³-hybridized carbons (Fsp3) is 0.375. The van der Waals surface area contributed by atoms with Gasteiger partial charge in [-0.3, -0.25) is 0 Å². The summed E-state index contributed by atoms with van der Waals surface area (Å²) < 4.78 is 11.1. The lowest BCUT2D eigenvalue weighted by molar-refractivity contribution is 0.184. The van der Waals surface area contributed by atoms with Crippen molar-refractivity contribution in [3.8, 4) is 5.88 Å². The number of aromatic nitrogens is 1. The number of hydrogen-bond acceptors (Lipinski definition) is 3. The van der Waals surface area contributed by atoms with Crippen LogP contribution in [0.25, 0.3) is 0 Å². The molecule has 0 aliphatic carbocycles. The van der Waals surface area contributed by atoms with Gasteiger partial charge in [0, 0.05) is 28.5 Å². The van der Waals surface area contributed by atoms with Gasteiger partial charge in [-0.2, -0.15) is 0 Å². The number of ether oxygens (including phenoxy) is 2. The maximum atomic E-state index is 5.00. The Kier molecular flexibility index (Phi) is 3.74. The summed E-state index contributed by atoms with van der Waals surface area (Å²) in [4.78, 5) is 4.07. The van der Waals surface area contributed by atoms with Gasteiger partial charge in [-0.25, -0.2) is 4.98 Å². The standard InChI is InChI=1S/C8H10INO2/c1-11-5-6-4-10-8(12-2)3-7(6)9/h3-4H,5H2,1-2H3. The zero-order valence-electron chi connectivity index (χ0n) is 7.00. The molecule has 12 heavy (non-hydrogen) atoms. The van der Waals surface area contributed by atoms with Gasteiger partial charge in [-0.1, -0.05) is 0 Å². The molecule has 0 bridgehead atoms. The third-order valence-corrected chi connectivity index (χ3v) is 2.42.